The Morgan fingerprint density at radius 1 is 0.794 bits per heavy atom. The lowest BCUT2D eigenvalue weighted by Gasteiger charge is -2.19. The van der Waals surface area contributed by atoms with Gasteiger partial charge in [-0.1, -0.05) is 62.7 Å². The first kappa shape index (κ1) is 22.0. The molecule has 0 aliphatic rings. The van der Waals surface area contributed by atoms with Crippen molar-refractivity contribution in [2.24, 2.45) is 0 Å². The standard InChI is InChI=1S/C29H29N3O2/c1-18-7-9-19(10-8-18)27-23-17-30-24-16-26(34-6)25(33-5)15-22(24)28(23)32(31-27)21-13-11-20(12-14-21)29(2,3)4/h7-17H,1-6H3. The first-order valence-electron chi connectivity index (χ1n) is 11.4. The number of ether oxygens (including phenoxy) is 2. The van der Waals surface area contributed by atoms with Crippen LogP contribution in [0.15, 0.2) is 66.9 Å². The first-order valence-corrected chi connectivity index (χ1v) is 11.4. The van der Waals surface area contributed by atoms with Gasteiger partial charge in [0.2, 0.25) is 0 Å². The number of rotatable bonds is 4. The Balaban J connectivity index is 1.83. The Bertz CT molecular complexity index is 1490. The van der Waals surface area contributed by atoms with Crippen LogP contribution in [0.1, 0.15) is 31.9 Å². The predicted molar refractivity (Wildman–Crippen MR) is 138 cm³/mol. The van der Waals surface area contributed by atoms with E-state index < -0.39 is 0 Å². The van der Waals surface area contributed by atoms with E-state index in [-0.39, 0.29) is 5.41 Å². The fraction of sp³-hybridized carbons (Fsp3) is 0.241. The van der Waals surface area contributed by atoms with E-state index >= 15 is 0 Å². The van der Waals surface area contributed by atoms with Gasteiger partial charge in [-0.15, -0.1) is 0 Å². The molecule has 0 spiro atoms. The summed E-state index contributed by atoms with van der Waals surface area (Å²) in [7, 11) is 3.29. The van der Waals surface area contributed by atoms with Crippen molar-refractivity contribution < 1.29 is 9.47 Å². The molecule has 0 amide bonds. The molecule has 5 heteroatoms. The van der Waals surface area contributed by atoms with Gasteiger partial charge < -0.3 is 9.47 Å². The van der Waals surface area contributed by atoms with E-state index in [2.05, 4.69) is 76.2 Å². The summed E-state index contributed by atoms with van der Waals surface area (Å²) in [5, 5.41) is 7.05. The lowest BCUT2D eigenvalue weighted by molar-refractivity contribution is 0.356. The maximum Gasteiger partial charge on any atom is 0.162 e. The minimum absolute atomic E-state index is 0.0817. The third-order valence-electron chi connectivity index (χ3n) is 6.31. The Hall–Kier alpha value is -3.86. The molecule has 0 saturated carbocycles. The van der Waals surface area contributed by atoms with E-state index in [0.29, 0.717) is 11.5 Å². The van der Waals surface area contributed by atoms with Crippen molar-refractivity contribution in [2.45, 2.75) is 33.1 Å². The van der Waals surface area contributed by atoms with Crippen LogP contribution >= 0.6 is 0 Å². The van der Waals surface area contributed by atoms with Crippen LogP contribution in [0.5, 0.6) is 11.5 Å². The second-order valence-electron chi connectivity index (χ2n) is 9.67. The zero-order valence-electron chi connectivity index (χ0n) is 20.5. The molecule has 0 unspecified atom stereocenters. The van der Waals surface area contributed by atoms with Crippen LogP contribution in [0.2, 0.25) is 0 Å². The maximum absolute atomic E-state index is 5.61. The molecular weight excluding hydrogens is 422 g/mol. The molecule has 5 rings (SSSR count). The van der Waals surface area contributed by atoms with Gasteiger partial charge in [-0.3, -0.25) is 4.98 Å². The maximum atomic E-state index is 5.61. The van der Waals surface area contributed by atoms with Crippen LogP contribution in [0.4, 0.5) is 0 Å². The highest BCUT2D eigenvalue weighted by Gasteiger charge is 2.20. The fourth-order valence-corrected chi connectivity index (χ4v) is 4.32. The molecule has 5 aromatic rings. The van der Waals surface area contributed by atoms with E-state index in [0.717, 1.165) is 38.8 Å². The fourth-order valence-electron chi connectivity index (χ4n) is 4.32. The zero-order chi connectivity index (χ0) is 24.0. The van der Waals surface area contributed by atoms with E-state index in [1.54, 1.807) is 14.2 Å². The average Bonchev–Trinajstić information content (AvgIpc) is 3.23. The normalized spacial score (nSPS) is 11.8. The van der Waals surface area contributed by atoms with E-state index in [9.17, 15) is 0 Å². The Kier molecular flexibility index (Phi) is 5.28. The number of aromatic nitrogens is 3. The smallest absolute Gasteiger partial charge is 0.162 e. The molecule has 0 fully saturated rings. The summed E-state index contributed by atoms with van der Waals surface area (Å²) in [4.78, 5) is 4.76. The van der Waals surface area contributed by atoms with Gasteiger partial charge in [0.05, 0.1) is 30.9 Å². The van der Waals surface area contributed by atoms with Crippen LogP contribution in [0.25, 0.3) is 38.8 Å². The van der Waals surface area contributed by atoms with Crippen molar-refractivity contribution in [1.82, 2.24) is 14.8 Å². The summed E-state index contributed by atoms with van der Waals surface area (Å²) in [5.74, 6) is 1.32. The monoisotopic (exact) mass is 451 g/mol. The molecule has 172 valence electrons. The second kappa shape index (κ2) is 8.17. The molecule has 0 aliphatic carbocycles. The minimum atomic E-state index is 0.0817. The average molecular weight is 452 g/mol. The van der Waals surface area contributed by atoms with Gasteiger partial charge in [-0.05, 0) is 36.1 Å². The number of hydrogen-bond acceptors (Lipinski definition) is 4. The third-order valence-corrected chi connectivity index (χ3v) is 6.31. The van der Waals surface area contributed by atoms with Crippen LogP contribution < -0.4 is 9.47 Å². The van der Waals surface area contributed by atoms with Crippen molar-refractivity contribution in [3.63, 3.8) is 0 Å². The van der Waals surface area contributed by atoms with Crippen molar-refractivity contribution in [1.29, 1.82) is 0 Å². The topological polar surface area (TPSA) is 49.2 Å². The molecule has 0 aliphatic heterocycles. The van der Waals surface area contributed by atoms with Gasteiger partial charge in [-0.2, -0.15) is 5.10 Å². The van der Waals surface area contributed by atoms with Gasteiger partial charge in [0.1, 0.15) is 5.69 Å². The predicted octanol–water partition coefficient (Wildman–Crippen LogP) is 6.86. The summed E-state index contributed by atoms with van der Waals surface area (Å²) in [5.41, 5.74) is 7.35. The minimum Gasteiger partial charge on any atom is -0.493 e. The van der Waals surface area contributed by atoms with Crippen LogP contribution in [-0.4, -0.2) is 29.0 Å². The van der Waals surface area contributed by atoms with Gasteiger partial charge >= 0.3 is 0 Å². The quantitative estimate of drug-likeness (QED) is 0.299. The molecule has 0 radical (unpaired) electrons. The van der Waals surface area contributed by atoms with Crippen molar-refractivity contribution in [2.75, 3.05) is 14.2 Å². The number of pyridine rings is 1. The number of methoxy groups -OCH3 is 2. The summed E-state index contributed by atoms with van der Waals surface area (Å²) >= 11 is 0. The molecule has 34 heavy (non-hydrogen) atoms. The highest BCUT2D eigenvalue weighted by atomic mass is 16.5. The zero-order valence-corrected chi connectivity index (χ0v) is 20.5. The van der Waals surface area contributed by atoms with Crippen LogP contribution in [0, 0.1) is 6.92 Å². The van der Waals surface area contributed by atoms with Gasteiger partial charge in [0, 0.05) is 28.6 Å². The van der Waals surface area contributed by atoms with E-state index in [1.807, 2.05) is 23.0 Å². The first-order chi connectivity index (χ1) is 16.3. The van der Waals surface area contributed by atoms with Crippen molar-refractivity contribution in [3.8, 4) is 28.4 Å². The molecule has 0 N–H and O–H groups in total. The van der Waals surface area contributed by atoms with Crippen LogP contribution in [-0.2, 0) is 5.41 Å². The molecule has 2 heterocycles. The summed E-state index contributed by atoms with van der Waals surface area (Å²) in [6.07, 6.45) is 1.91. The lowest BCUT2D eigenvalue weighted by Crippen LogP contribution is -2.11. The molecule has 5 nitrogen and oxygen atoms in total. The molecule has 0 saturated heterocycles. The Morgan fingerprint density at radius 3 is 2.06 bits per heavy atom. The Labute approximate surface area is 200 Å². The van der Waals surface area contributed by atoms with Gasteiger partial charge in [0.25, 0.3) is 0 Å². The van der Waals surface area contributed by atoms with E-state index in [4.69, 9.17) is 19.6 Å². The molecule has 3 aromatic carbocycles. The number of fused-ring (bicyclic) bond motifs is 3. The molecule has 0 atom stereocenters. The second-order valence-corrected chi connectivity index (χ2v) is 9.67. The largest absolute Gasteiger partial charge is 0.493 e. The van der Waals surface area contributed by atoms with Crippen molar-refractivity contribution in [3.05, 3.63) is 78.0 Å². The lowest BCUT2D eigenvalue weighted by atomic mass is 9.87. The number of aryl methyl sites for hydroxylation is 1. The summed E-state index contributed by atoms with van der Waals surface area (Å²) in [6, 6.07) is 21.0. The molecular formula is C29H29N3O2. The highest BCUT2D eigenvalue weighted by Crippen LogP contribution is 2.38. The summed E-state index contributed by atoms with van der Waals surface area (Å²) < 4.78 is 13.1. The van der Waals surface area contributed by atoms with Gasteiger partial charge in [-0.25, -0.2) is 4.68 Å². The summed E-state index contributed by atoms with van der Waals surface area (Å²) in [6.45, 7) is 8.75. The number of benzene rings is 3. The Morgan fingerprint density at radius 2 is 1.44 bits per heavy atom. The molecule has 0 bridgehead atoms. The molecule has 2 aromatic heterocycles. The number of hydrogen-bond donors (Lipinski definition) is 0. The van der Waals surface area contributed by atoms with Gasteiger partial charge in [0.15, 0.2) is 11.5 Å². The third kappa shape index (κ3) is 3.67. The van der Waals surface area contributed by atoms with Crippen molar-refractivity contribution >= 4 is 21.8 Å². The SMILES string of the molecule is COc1cc2ncc3c(-c4ccc(C)cc4)nn(-c4ccc(C(C)(C)C)cc4)c3c2cc1OC. The highest BCUT2D eigenvalue weighted by molar-refractivity contribution is 6.09. The number of nitrogens with zero attached hydrogens (tertiary/aromatic N) is 3. The van der Waals surface area contributed by atoms with Crippen LogP contribution in [0.3, 0.4) is 0 Å². The van der Waals surface area contributed by atoms with E-state index in [1.165, 1.54) is 11.1 Å².